The molecule has 116 valence electrons. The van der Waals surface area contributed by atoms with Crippen molar-refractivity contribution in [2.45, 2.75) is 6.29 Å². The van der Waals surface area contributed by atoms with E-state index in [1.807, 2.05) is 72.8 Å². The molecule has 0 saturated carbocycles. The Morgan fingerprint density at radius 1 is 1.14 bits per heavy atom. The Morgan fingerprint density at radius 3 is 2.45 bits per heavy atom. The molecule has 6 heteroatoms. The summed E-state index contributed by atoms with van der Waals surface area (Å²) in [6, 6.07) is 15.9. The van der Waals surface area contributed by atoms with Crippen LogP contribution in [0.3, 0.4) is 0 Å². The molecule has 3 nitrogen and oxygen atoms in total. The molecule has 0 aliphatic heterocycles. The first-order valence-corrected chi connectivity index (χ1v) is 9.90. The van der Waals surface area contributed by atoms with Gasteiger partial charge in [0, 0.05) is 11.1 Å². The van der Waals surface area contributed by atoms with Crippen LogP contribution >= 0.6 is 18.7 Å². The van der Waals surface area contributed by atoms with Crippen molar-refractivity contribution in [2.24, 2.45) is 0 Å². The fourth-order valence-corrected chi connectivity index (χ4v) is 3.60. The monoisotopic (exact) mass is 354 g/mol. The van der Waals surface area contributed by atoms with Crippen LogP contribution in [0.1, 0.15) is 0 Å². The second-order valence-electron chi connectivity index (χ2n) is 5.64. The summed E-state index contributed by atoms with van der Waals surface area (Å²) in [5, 5.41) is 0.695. The Balaban J connectivity index is 0.00000176. The van der Waals surface area contributed by atoms with E-state index < -0.39 is 7.14 Å². The highest BCUT2D eigenvalue weighted by atomic mass is 35.5. The second kappa shape index (κ2) is 6.45. The predicted molar refractivity (Wildman–Crippen MR) is 87.9 cm³/mol. The van der Waals surface area contributed by atoms with E-state index in [0.717, 1.165) is 16.7 Å². The molecular formula is C16H17Cl2N2OP. The third kappa shape index (κ3) is 3.55. The van der Waals surface area contributed by atoms with Crippen LogP contribution < -0.4 is 17.0 Å². The van der Waals surface area contributed by atoms with Crippen LogP contribution in [-0.2, 0) is 10.9 Å². The lowest BCUT2D eigenvalue weighted by molar-refractivity contribution is -0.652. The number of halogens is 2. The standard InChI is InChI=1S/C16H17ClN2OP.ClH/c1-21(2,20)12-18-11-19(14-6-4-3-5-7-14)16-10-13(17)8-9-15(16)18;/h3-11H,12H2,1-2H3;1H/q+1;/p-1. The molecule has 0 spiro atoms. The molecule has 3 aromatic rings. The van der Waals surface area contributed by atoms with E-state index in [9.17, 15) is 4.57 Å². The summed E-state index contributed by atoms with van der Waals surface area (Å²) < 4.78 is 16.3. The average molecular weight is 355 g/mol. The highest BCUT2D eigenvalue weighted by Crippen LogP contribution is 2.36. The lowest BCUT2D eigenvalue weighted by atomic mass is 10.3. The van der Waals surface area contributed by atoms with E-state index >= 15 is 0 Å². The minimum Gasteiger partial charge on any atom is -1.00 e. The Labute approximate surface area is 141 Å². The number of hydrogen-bond acceptors (Lipinski definition) is 1. The summed E-state index contributed by atoms with van der Waals surface area (Å²) in [4.78, 5) is 0. The SMILES string of the molecule is CP(C)(=O)C[n+]1cn(-c2ccccc2)c2cc(Cl)ccc21.[Cl-]. The van der Waals surface area contributed by atoms with Crippen LogP contribution in [0.5, 0.6) is 0 Å². The fourth-order valence-electron chi connectivity index (χ4n) is 2.47. The van der Waals surface area contributed by atoms with Crippen molar-refractivity contribution in [2.75, 3.05) is 13.3 Å². The molecule has 0 atom stereocenters. The van der Waals surface area contributed by atoms with Gasteiger partial charge < -0.3 is 17.0 Å². The number of para-hydroxylation sites is 1. The van der Waals surface area contributed by atoms with E-state index in [1.54, 1.807) is 0 Å². The van der Waals surface area contributed by atoms with Gasteiger partial charge in [-0.2, -0.15) is 4.57 Å². The second-order valence-corrected chi connectivity index (χ2v) is 9.51. The van der Waals surface area contributed by atoms with E-state index in [0.29, 0.717) is 11.3 Å². The molecule has 0 aliphatic carbocycles. The summed E-state index contributed by atoms with van der Waals surface area (Å²) >= 11 is 6.14. The van der Waals surface area contributed by atoms with Crippen LogP contribution in [0, 0.1) is 0 Å². The first-order valence-electron chi connectivity index (χ1n) is 6.73. The maximum absolute atomic E-state index is 12.2. The maximum atomic E-state index is 12.2. The fraction of sp³-hybridized carbons (Fsp3) is 0.188. The molecule has 0 saturated heterocycles. The molecule has 0 radical (unpaired) electrons. The Bertz CT molecular complexity index is 840. The number of hydrogen-bond donors (Lipinski definition) is 0. The topological polar surface area (TPSA) is 25.9 Å². The number of benzene rings is 2. The van der Waals surface area contributed by atoms with E-state index in [2.05, 4.69) is 4.57 Å². The van der Waals surface area contributed by atoms with Gasteiger partial charge in [0.05, 0.1) is 0 Å². The molecule has 2 aromatic carbocycles. The van der Waals surface area contributed by atoms with Crippen LogP contribution in [0.4, 0.5) is 0 Å². The Kier molecular flexibility index (Phi) is 5.01. The first kappa shape index (κ1) is 17.1. The summed E-state index contributed by atoms with van der Waals surface area (Å²) in [6.07, 6.45) is 2.51. The normalized spacial score (nSPS) is 11.4. The maximum Gasteiger partial charge on any atom is 0.250 e. The van der Waals surface area contributed by atoms with Crippen LogP contribution in [-0.4, -0.2) is 17.9 Å². The minimum atomic E-state index is -2.17. The van der Waals surface area contributed by atoms with Crippen LogP contribution in [0.15, 0.2) is 54.9 Å². The van der Waals surface area contributed by atoms with Gasteiger partial charge in [0.1, 0.15) is 19.1 Å². The number of fused-ring (bicyclic) bond motifs is 1. The molecule has 0 bridgehead atoms. The number of rotatable bonds is 3. The highest BCUT2D eigenvalue weighted by Gasteiger charge is 2.21. The molecule has 0 N–H and O–H groups in total. The van der Waals surface area contributed by atoms with Gasteiger partial charge in [-0.25, -0.2) is 4.57 Å². The van der Waals surface area contributed by atoms with Gasteiger partial charge in [0.2, 0.25) is 6.33 Å². The third-order valence-electron chi connectivity index (χ3n) is 3.29. The Hall–Kier alpha value is -1.28. The van der Waals surface area contributed by atoms with Gasteiger partial charge in [-0.15, -0.1) is 0 Å². The van der Waals surface area contributed by atoms with Gasteiger partial charge in [0.25, 0.3) is 0 Å². The first-order chi connectivity index (χ1) is 9.94. The van der Waals surface area contributed by atoms with Gasteiger partial charge in [-0.05, 0) is 37.6 Å². The quantitative estimate of drug-likeness (QED) is 0.512. The summed E-state index contributed by atoms with van der Waals surface area (Å²) in [7, 11) is -2.17. The lowest BCUT2D eigenvalue weighted by Gasteiger charge is -2.02. The van der Waals surface area contributed by atoms with Crippen LogP contribution in [0.25, 0.3) is 16.7 Å². The van der Waals surface area contributed by atoms with E-state index in [1.165, 1.54) is 0 Å². The zero-order valence-corrected chi connectivity index (χ0v) is 14.8. The third-order valence-corrected chi connectivity index (χ3v) is 4.51. The zero-order chi connectivity index (χ0) is 15.0. The molecular weight excluding hydrogens is 338 g/mol. The molecule has 1 heterocycles. The number of imidazole rings is 1. The molecule has 0 amide bonds. The summed E-state index contributed by atoms with van der Waals surface area (Å²) in [5.41, 5.74) is 3.11. The largest absolute Gasteiger partial charge is 1.00 e. The van der Waals surface area contributed by atoms with Crippen molar-refractivity contribution in [1.82, 2.24) is 4.57 Å². The van der Waals surface area contributed by atoms with Crippen molar-refractivity contribution in [3.63, 3.8) is 0 Å². The lowest BCUT2D eigenvalue weighted by Crippen LogP contribution is -3.00. The van der Waals surface area contributed by atoms with Gasteiger partial charge in [-0.3, -0.25) is 0 Å². The summed E-state index contributed by atoms with van der Waals surface area (Å²) in [6.45, 7) is 3.61. The smallest absolute Gasteiger partial charge is 0.250 e. The minimum absolute atomic E-state index is 0. The molecule has 0 fully saturated rings. The molecule has 22 heavy (non-hydrogen) atoms. The van der Waals surface area contributed by atoms with Crippen molar-refractivity contribution < 1.29 is 21.5 Å². The van der Waals surface area contributed by atoms with Gasteiger partial charge in [0.15, 0.2) is 11.0 Å². The van der Waals surface area contributed by atoms with Crippen molar-refractivity contribution in [3.05, 3.63) is 59.9 Å². The van der Waals surface area contributed by atoms with Crippen molar-refractivity contribution in [3.8, 4) is 5.69 Å². The van der Waals surface area contributed by atoms with Crippen LogP contribution in [0.2, 0.25) is 5.02 Å². The van der Waals surface area contributed by atoms with Gasteiger partial charge in [-0.1, -0.05) is 29.8 Å². The summed E-state index contributed by atoms with van der Waals surface area (Å²) in [5.74, 6) is 0. The molecule has 0 unspecified atom stereocenters. The Morgan fingerprint density at radius 2 is 1.82 bits per heavy atom. The number of aromatic nitrogens is 2. The predicted octanol–water partition coefficient (Wildman–Crippen LogP) is 1.16. The van der Waals surface area contributed by atoms with E-state index in [-0.39, 0.29) is 12.4 Å². The number of nitrogens with zero attached hydrogens (tertiary/aromatic N) is 2. The molecule has 0 aliphatic rings. The highest BCUT2D eigenvalue weighted by molar-refractivity contribution is 7.61. The van der Waals surface area contributed by atoms with Crippen molar-refractivity contribution in [1.29, 1.82) is 0 Å². The zero-order valence-electron chi connectivity index (χ0n) is 12.4. The van der Waals surface area contributed by atoms with E-state index in [4.69, 9.17) is 11.6 Å². The molecule has 3 rings (SSSR count). The molecule has 1 aromatic heterocycles. The van der Waals surface area contributed by atoms with Crippen molar-refractivity contribution >= 4 is 29.8 Å². The van der Waals surface area contributed by atoms with Gasteiger partial charge >= 0.3 is 0 Å². The average Bonchev–Trinajstić information content (AvgIpc) is 2.76.